The zero-order valence-electron chi connectivity index (χ0n) is 6.82. The molecule has 0 radical (unpaired) electrons. The van der Waals surface area contributed by atoms with Gasteiger partial charge >= 0.3 is 0 Å². The maximum absolute atomic E-state index is 5.92. The van der Waals surface area contributed by atoms with E-state index in [1.165, 1.54) is 0 Å². The van der Waals surface area contributed by atoms with Gasteiger partial charge in [0.15, 0.2) is 0 Å². The van der Waals surface area contributed by atoms with Gasteiger partial charge in [-0.1, -0.05) is 24.6 Å². The third-order valence-electron chi connectivity index (χ3n) is 1.87. The number of aryl methyl sites for hydroxylation is 1. The monoisotopic (exact) mass is 169 g/mol. The SMILES string of the molecule is CCc1c(Cl)ccc(C)c1N. The molecule has 11 heavy (non-hydrogen) atoms. The van der Waals surface area contributed by atoms with Gasteiger partial charge in [0.05, 0.1) is 0 Å². The second-order valence-corrected chi connectivity index (χ2v) is 3.02. The van der Waals surface area contributed by atoms with Gasteiger partial charge in [-0.25, -0.2) is 0 Å². The molecule has 1 nitrogen and oxygen atoms in total. The zero-order valence-corrected chi connectivity index (χ0v) is 7.57. The van der Waals surface area contributed by atoms with Crippen LogP contribution in [-0.2, 0) is 6.42 Å². The van der Waals surface area contributed by atoms with Gasteiger partial charge in [0.2, 0.25) is 0 Å². The van der Waals surface area contributed by atoms with Crippen molar-refractivity contribution in [2.45, 2.75) is 20.3 Å². The van der Waals surface area contributed by atoms with Crippen LogP contribution in [0.3, 0.4) is 0 Å². The van der Waals surface area contributed by atoms with Crippen LogP contribution in [0.15, 0.2) is 12.1 Å². The number of benzene rings is 1. The van der Waals surface area contributed by atoms with Crippen molar-refractivity contribution >= 4 is 17.3 Å². The van der Waals surface area contributed by atoms with Crippen LogP contribution in [0.25, 0.3) is 0 Å². The molecule has 0 saturated carbocycles. The van der Waals surface area contributed by atoms with Crippen molar-refractivity contribution in [1.82, 2.24) is 0 Å². The van der Waals surface area contributed by atoms with E-state index in [4.69, 9.17) is 17.3 Å². The molecule has 0 amide bonds. The molecule has 0 heterocycles. The summed E-state index contributed by atoms with van der Waals surface area (Å²) in [5, 5.41) is 0.774. The summed E-state index contributed by atoms with van der Waals surface area (Å²) in [6, 6.07) is 3.84. The van der Waals surface area contributed by atoms with Crippen molar-refractivity contribution in [1.29, 1.82) is 0 Å². The van der Waals surface area contributed by atoms with Gasteiger partial charge in [0.1, 0.15) is 0 Å². The molecule has 0 aliphatic rings. The molecule has 1 rings (SSSR count). The highest BCUT2D eigenvalue weighted by Gasteiger charge is 2.03. The number of nitrogen functional groups attached to an aromatic ring is 1. The molecule has 0 fully saturated rings. The molecule has 0 saturated heterocycles. The highest BCUT2D eigenvalue weighted by atomic mass is 35.5. The van der Waals surface area contributed by atoms with E-state index in [1.807, 2.05) is 19.1 Å². The van der Waals surface area contributed by atoms with E-state index in [1.54, 1.807) is 0 Å². The van der Waals surface area contributed by atoms with Crippen molar-refractivity contribution in [3.05, 3.63) is 28.3 Å². The van der Waals surface area contributed by atoms with Crippen LogP contribution in [-0.4, -0.2) is 0 Å². The van der Waals surface area contributed by atoms with Gasteiger partial charge < -0.3 is 5.73 Å². The Morgan fingerprint density at radius 1 is 1.45 bits per heavy atom. The summed E-state index contributed by atoms with van der Waals surface area (Å²) in [6.07, 6.45) is 0.895. The third kappa shape index (κ3) is 1.48. The number of anilines is 1. The first-order chi connectivity index (χ1) is 5.16. The fraction of sp³-hybridized carbons (Fsp3) is 0.333. The number of halogens is 1. The predicted molar refractivity (Wildman–Crippen MR) is 50.0 cm³/mol. The maximum Gasteiger partial charge on any atom is 0.0458 e. The zero-order chi connectivity index (χ0) is 8.43. The standard InChI is InChI=1S/C9H12ClN/c1-3-7-8(10)5-4-6(2)9(7)11/h4-5H,3,11H2,1-2H3. The summed E-state index contributed by atoms with van der Waals surface area (Å²) in [4.78, 5) is 0. The van der Waals surface area contributed by atoms with E-state index >= 15 is 0 Å². The van der Waals surface area contributed by atoms with Crippen molar-refractivity contribution < 1.29 is 0 Å². The lowest BCUT2D eigenvalue weighted by Gasteiger charge is -2.07. The van der Waals surface area contributed by atoms with E-state index in [9.17, 15) is 0 Å². The average molecular weight is 170 g/mol. The number of rotatable bonds is 1. The van der Waals surface area contributed by atoms with Crippen LogP contribution in [0, 0.1) is 6.92 Å². The molecule has 60 valence electrons. The van der Waals surface area contributed by atoms with Crippen molar-refractivity contribution in [3.8, 4) is 0 Å². The van der Waals surface area contributed by atoms with E-state index < -0.39 is 0 Å². The third-order valence-corrected chi connectivity index (χ3v) is 2.23. The normalized spacial score (nSPS) is 10.1. The lowest BCUT2D eigenvalue weighted by atomic mass is 10.1. The highest BCUT2D eigenvalue weighted by Crippen LogP contribution is 2.25. The van der Waals surface area contributed by atoms with Crippen molar-refractivity contribution in [3.63, 3.8) is 0 Å². The first-order valence-corrected chi connectivity index (χ1v) is 4.08. The fourth-order valence-electron chi connectivity index (χ4n) is 1.11. The van der Waals surface area contributed by atoms with Gasteiger partial charge in [-0.2, -0.15) is 0 Å². The summed E-state index contributed by atoms with van der Waals surface area (Å²) < 4.78 is 0. The molecule has 2 heteroatoms. The summed E-state index contributed by atoms with van der Waals surface area (Å²) in [7, 11) is 0. The molecule has 0 aliphatic carbocycles. The lowest BCUT2D eigenvalue weighted by Crippen LogP contribution is -1.96. The Bertz CT molecular complexity index is 269. The van der Waals surface area contributed by atoms with Crippen LogP contribution in [0.4, 0.5) is 5.69 Å². The maximum atomic E-state index is 5.92. The molecular weight excluding hydrogens is 158 g/mol. The van der Waals surface area contributed by atoms with Crippen molar-refractivity contribution in [2.24, 2.45) is 0 Å². The predicted octanol–water partition coefficient (Wildman–Crippen LogP) is 2.79. The van der Waals surface area contributed by atoms with Crippen LogP contribution < -0.4 is 5.73 Å². The number of hydrogen-bond donors (Lipinski definition) is 1. The first-order valence-electron chi connectivity index (χ1n) is 3.70. The van der Waals surface area contributed by atoms with Gasteiger partial charge in [0.25, 0.3) is 0 Å². The fourth-order valence-corrected chi connectivity index (χ4v) is 1.41. The molecule has 2 N–H and O–H groups in total. The Labute approximate surface area is 72.2 Å². The molecule has 1 aromatic rings. The van der Waals surface area contributed by atoms with E-state index in [2.05, 4.69) is 6.92 Å². The molecule has 0 spiro atoms. The Morgan fingerprint density at radius 3 is 2.55 bits per heavy atom. The molecule has 0 bridgehead atoms. The number of nitrogens with two attached hydrogens (primary N) is 1. The Morgan fingerprint density at radius 2 is 2.09 bits per heavy atom. The minimum atomic E-state index is 0.774. The van der Waals surface area contributed by atoms with Gasteiger partial charge in [-0.3, -0.25) is 0 Å². The van der Waals surface area contributed by atoms with Gasteiger partial charge in [-0.15, -0.1) is 0 Å². The summed E-state index contributed by atoms with van der Waals surface area (Å²) in [5.41, 5.74) is 8.81. The van der Waals surface area contributed by atoms with Crippen LogP contribution in [0.1, 0.15) is 18.1 Å². The van der Waals surface area contributed by atoms with E-state index in [0.717, 1.165) is 28.3 Å². The first kappa shape index (κ1) is 8.41. The van der Waals surface area contributed by atoms with Gasteiger partial charge in [-0.05, 0) is 30.5 Å². The smallest absolute Gasteiger partial charge is 0.0458 e. The van der Waals surface area contributed by atoms with Crippen LogP contribution >= 0.6 is 11.6 Å². The van der Waals surface area contributed by atoms with E-state index in [-0.39, 0.29) is 0 Å². The second-order valence-electron chi connectivity index (χ2n) is 2.61. The van der Waals surface area contributed by atoms with E-state index in [0.29, 0.717) is 0 Å². The van der Waals surface area contributed by atoms with Crippen molar-refractivity contribution in [2.75, 3.05) is 5.73 Å². The minimum Gasteiger partial charge on any atom is -0.398 e. The Balaban J connectivity index is 3.29. The Kier molecular flexibility index (Phi) is 2.40. The summed E-state index contributed by atoms with van der Waals surface area (Å²) in [5.74, 6) is 0. The molecular formula is C9H12ClN. The highest BCUT2D eigenvalue weighted by molar-refractivity contribution is 6.31. The quantitative estimate of drug-likeness (QED) is 0.643. The second kappa shape index (κ2) is 3.14. The molecule has 0 atom stereocenters. The molecule has 0 aliphatic heterocycles. The minimum absolute atomic E-state index is 0.774. The molecule has 1 aromatic carbocycles. The molecule has 0 unspecified atom stereocenters. The molecule has 0 aromatic heterocycles. The van der Waals surface area contributed by atoms with Crippen LogP contribution in [0.2, 0.25) is 5.02 Å². The van der Waals surface area contributed by atoms with Crippen LogP contribution in [0.5, 0.6) is 0 Å². The topological polar surface area (TPSA) is 26.0 Å². The summed E-state index contributed by atoms with van der Waals surface area (Å²) in [6.45, 7) is 4.04. The lowest BCUT2D eigenvalue weighted by molar-refractivity contribution is 1.14. The summed E-state index contributed by atoms with van der Waals surface area (Å²) >= 11 is 5.92. The largest absolute Gasteiger partial charge is 0.398 e. The van der Waals surface area contributed by atoms with Gasteiger partial charge in [0, 0.05) is 10.7 Å². The Hall–Kier alpha value is -0.690. The average Bonchev–Trinajstić information content (AvgIpc) is 1.99. The number of hydrogen-bond acceptors (Lipinski definition) is 1.